The van der Waals surface area contributed by atoms with Gasteiger partial charge < -0.3 is 15.1 Å². The maximum atomic E-state index is 12.8. The molecule has 1 aliphatic heterocycles. The molecule has 1 fully saturated rings. The lowest BCUT2D eigenvalue weighted by atomic mass is 9.92. The van der Waals surface area contributed by atoms with Crippen LogP contribution in [0.25, 0.3) is 11.1 Å². The van der Waals surface area contributed by atoms with Crippen molar-refractivity contribution in [2.24, 2.45) is 0 Å². The number of carbonyl (C=O) groups excluding carboxylic acids is 3. The van der Waals surface area contributed by atoms with Crippen LogP contribution in [0.3, 0.4) is 0 Å². The van der Waals surface area contributed by atoms with Gasteiger partial charge in [-0.05, 0) is 30.7 Å². The van der Waals surface area contributed by atoms with Gasteiger partial charge in [-0.3, -0.25) is 14.5 Å². The number of rotatable bonds is 4. The second-order valence-corrected chi connectivity index (χ2v) is 6.78. The van der Waals surface area contributed by atoms with E-state index in [1.807, 2.05) is 6.07 Å². The van der Waals surface area contributed by atoms with Crippen LogP contribution in [0.15, 0.2) is 52.9 Å². The summed E-state index contributed by atoms with van der Waals surface area (Å²) in [5.41, 5.74) is 1.19. The maximum absolute atomic E-state index is 12.8. The number of aromatic nitrogens is 1. The van der Waals surface area contributed by atoms with Gasteiger partial charge in [-0.1, -0.05) is 30.3 Å². The maximum Gasteiger partial charge on any atom is 0.325 e. The van der Waals surface area contributed by atoms with E-state index in [-0.39, 0.29) is 6.54 Å². The summed E-state index contributed by atoms with van der Waals surface area (Å²) in [5, 5.41) is 5.36. The smallest absolute Gasteiger partial charge is 0.325 e. The van der Waals surface area contributed by atoms with Crippen molar-refractivity contribution >= 4 is 34.6 Å². The third kappa shape index (κ3) is 2.98. The number of aryl methyl sites for hydroxylation is 1. The van der Waals surface area contributed by atoms with E-state index in [1.54, 1.807) is 56.3 Å². The molecule has 1 saturated heterocycles. The summed E-state index contributed by atoms with van der Waals surface area (Å²) in [6.45, 7) is 2.98. The van der Waals surface area contributed by atoms with Crippen molar-refractivity contribution in [3.63, 3.8) is 0 Å². The van der Waals surface area contributed by atoms with E-state index in [2.05, 4.69) is 15.6 Å². The first-order valence-electron chi connectivity index (χ1n) is 8.73. The van der Waals surface area contributed by atoms with Gasteiger partial charge >= 0.3 is 6.03 Å². The molecular weight excluding hydrogens is 360 g/mol. The molecule has 2 heterocycles. The molecule has 1 aromatic heterocycles. The highest BCUT2D eigenvalue weighted by Gasteiger charge is 2.49. The Morgan fingerprint density at radius 3 is 2.71 bits per heavy atom. The number of anilines is 1. The van der Waals surface area contributed by atoms with E-state index < -0.39 is 23.4 Å². The van der Waals surface area contributed by atoms with Crippen molar-refractivity contribution in [3.8, 4) is 0 Å². The predicted octanol–water partition coefficient (Wildman–Crippen LogP) is 2.54. The summed E-state index contributed by atoms with van der Waals surface area (Å²) in [7, 11) is 0. The standard InChI is InChI=1S/C20H18N4O4/c1-12-21-15-10-14(8-9-16(15)28-12)22-17(25)11-24-18(26)20(2,23-19(24)27)13-6-4-3-5-7-13/h3-10H,11H2,1-2H3,(H,22,25)(H,23,27). The minimum Gasteiger partial charge on any atom is -0.441 e. The molecule has 8 nitrogen and oxygen atoms in total. The zero-order valence-corrected chi connectivity index (χ0v) is 15.4. The Hall–Kier alpha value is -3.68. The Morgan fingerprint density at radius 2 is 1.96 bits per heavy atom. The summed E-state index contributed by atoms with van der Waals surface area (Å²) in [4.78, 5) is 42.7. The average molecular weight is 378 g/mol. The number of amides is 4. The number of urea groups is 1. The molecule has 0 bridgehead atoms. The lowest BCUT2D eigenvalue weighted by molar-refractivity contribution is -0.133. The van der Waals surface area contributed by atoms with Crippen LogP contribution in [0.1, 0.15) is 18.4 Å². The van der Waals surface area contributed by atoms with Crippen LogP contribution in [0.5, 0.6) is 0 Å². The minimum absolute atomic E-state index is 0.386. The number of hydrogen-bond donors (Lipinski definition) is 2. The third-order valence-electron chi connectivity index (χ3n) is 4.71. The van der Waals surface area contributed by atoms with E-state index in [4.69, 9.17) is 4.42 Å². The van der Waals surface area contributed by atoms with E-state index in [0.717, 1.165) is 4.90 Å². The Bertz CT molecular complexity index is 1090. The summed E-state index contributed by atoms with van der Waals surface area (Å²) in [6.07, 6.45) is 0. The molecule has 142 valence electrons. The molecule has 1 unspecified atom stereocenters. The molecule has 0 spiro atoms. The molecule has 4 rings (SSSR count). The van der Waals surface area contributed by atoms with Gasteiger partial charge in [0.05, 0.1) is 0 Å². The molecular formula is C20H18N4O4. The highest BCUT2D eigenvalue weighted by atomic mass is 16.3. The van der Waals surface area contributed by atoms with Crippen LogP contribution < -0.4 is 10.6 Å². The summed E-state index contributed by atoms with van der Waals surface area (Å²) in [6, 6.07) is 13.4. The molecule has 1 atom stereocenters. The molecule has 1 aliphatic rings. The van der Waals surface area contributed by atoms with E-state index in [1.165, 1.54) is 0 Å². The van der Waals surface area contributed by atoms with Crippen LogP contribution in [0.2, 0.25) is 0 Å². The van der Waals surface area contributed by atoms with Crippen LogP contribution in [0.4, 0.5) is 10.5 Å². The van der Waals surface area contributed by atoms with Crippen molar-refractivity contribution in [1.82, 2.24) is 15.2 Å². The van der Waals surface area contributed by atoms with Gasteiger partial charge in [-0.2, -0.15) is 0 Å². The van der Waals surface area contributed by atoms with Crippen LogP contribution in [0, 0.1) is 6.92 Å². The van der Waals surface area contributed by atoms with Gasteiger partial charge in [0.2, 0.25) is 5.91 Å². The van der Waals surface area contributed by atoms with Crippen molar-refractivity contribution in [2.75, 3.05) is 11.9 Å². The number of oxazole rings is 1. The van der Waals surface area contributed by atoms with Crippen molar-refractivity contribution in [3.05, 3.63) is 60.0 Å². The number of nitrogens with one attached hydrogen (secondary N) is 2. The quantitative estimate of drug-likeness (QED) is 0.679. The second-order valence-electron chi connectivity index (χ2n) is 6.78. The van der Waals surface area contributed by atoms with Crippen molar-refractivity contribution in [2.45, 2.75) is 19.4 Å². The number of carbonyl (C=O) groups is 3. The van der Waals surface area contributed by atoms with Gasteiger partial charge in [0.1, 0.15) is 17.6 Å². The molecule has 4 amide bonds. The minimum atomic E-state index is -1.20. The van der Waals surface area contributed by atoms with Gasteiger partial charge in [0.25, 0.3) is 5.91 Å². The number of imide groups is 1. The van der Waals surface area contributed by atoms with Crippen LogP contribution in [-0.2, 0) is 15.1 Å². The number of hydrogen-bond acceptors (Lipinski definition) is 5. The van der Waals surface area contributed by atoms with E-state index >= 15 is 0 Å². The fourth-order valence-corrected chi connectivity index (χ4v) is 3.27. The number of benzene rings is 2. The van der Waals surface area contributed by atoms with E-state index in [9.17, 15) is 14.4 Å². The summed E-state index contributed by atoms with van der Waals surface area (Å²) >= 11 is 0. The van der Waals surface area contributed by atoms with Crippen molar-refractivity contribution in [1.29, 1.82) is 0 Å². The second kappa shape index (κ2) is 6.49. The Kier molecular flexibility index (Phi) is 4.11. The van der Waals surface area contributed by atoms with E-state index in [0.29, 0.717) is 28.2 Å². The van der Waals surface area contributed by atoms with Crippen LogP contribution >= 0.6 is 0 Å². The molecule has 0 radical (unpaired) electrons. The van der Waals surface area contributed by atoms with Gasteiger partial charge in [-0.15, -0.1) is 0 Å². The monoisotopic (exact) mass is 378 g/mol. The Balaban J connectivity index is 1.49. The molecule has 2 N–H and O–H groups in total. The topological polar surface area (TPSA) is 105 Å². The first-order chi connectivity index (χ1) is 13.4. The van der Waals surface area contributed by atoms with Crippen LogP contribution in [-0.4, -0.2) is 34.3 Å². The van der Waals surface area contributed by atoms with Gasteiger partial charge in [-0.25, -0.2) is 9.78 Å². The lowest BCUT2D eigenvalue weighted by Gasteiger charge is -2.22. The average Bonchev–Trinajstić information content (AvgIpc) is 3.14. The summed E-state index contributed by atoms with van der Waals surface area (Å²) in [5.74, 6) is -0.431. The SMILES string of the molecule is Cc1nc2cc(NC(=O)CN3C(=O)NC(C)(c4ccccc4)C3=O)ccc2o1. The number of nitrogens with zero attached hydrogens (tertiary/aromatic N) is 2. The highest BCUT2D eigenvalue weighted by molar-refractivity contribution is 6.10. The molecule has 8 heteroatoms. The molecule has 3 aromatic rings. The highest BCUT2D eigenvalue weighted by Crippen LogP contribution is 2.28. The lowest BCUT2D eigenvalue weighted by Crippen LogP contribution is -2.42. The fraction of sp³-hybridized carbons (Fsp3) is 0.200. The molecule has 0 saturated carbocycles. The summed E-state index contributed by atoms with van der Waals surface area (Å²) < 4.78 is 5.40. The largest absolute Gasteiger partial charge is 0.441 e. The van der Waals surface area contributed by atoms with Crippen molar-refractivity contribution < 1.29 is 18.8 Å². The molecule has 28 heavy (non-hydrogen) atoms. The zero-order valence-electron chi connectivity index (χ0n) is 15.4. The number of fused-ring (bicyclic) bond motifs is 1. The Labute approximate surface area is 160 Å². The van der Waals surface area contributed by atoms with Gasteiger partial charge in [0, 0.05) is 12.6 Å². The van der Waals surface area contributed by atoms with Gasteiger partial charge in [0.15, 0.2) is 11.5 Å². The molecule has 2 aromatic carbocycles. The first-order valence-corrected chi connectivity index (χ1v) is 8.73. The fourth-order valence-electron chi connectivity index (χ4n) is 3.27. The zero-order chi connectivity index (χ0) is 19.9. The Morgan fingerprint density at radius 1 is 1.21 bits per heavy atom. The predicted molar refractivity (Wildman–Crippen MR) is 101 cm³/mol. The third-order valence-corrected chi connectivity index (χ3v) is 4.71. The first kappa shape index (κ1) is 17.7. The normalized spacial score (nSPS) is 19.1. The molecule has 0 aliphatic carbocycles.